The van der Waals surface area contributed by atoms with E-state index in [1.165, 1.54) is 27.6 Å². The molecule has 0 radical (unpaired) electrons. The molecule has 0 aromatic heterocycles. The van der Waals surface area contributed by atoms with Crippen LogP contribution in [-0.2, 0) is 16.6 Å². The van der Waals surface area contributed by atoms with Crippen molar-refractivity contribution in [2.24, 2.45) is 0 Å². The van der Waals surface area contributed by atoms with E-state index in [9.17, 15) is 8.42 Å². The molecule has 1 fully saturated rings. The van der Waals surface area contributed by atoms with E-state index in [1.807, 2.05) is 0 Å². The lowest BCUT2D eigenvalue weighted by atomic mass is 10.1. The number of halogens is 2. The Kier molecular flexibility index (Phi) is 5.71. The fourth-order valence-corrected chi connectivity index (χ4v) is 5.05. The number of benzene rings is 2. The number of sulfonamides is 1. The van der Waals surface area contributed by atoms with Crippen molar-refractivity contribution in [3.63, 3.8) is 0 Å². The quantitative estimate of drug-likeness (QED) is 0.785. The van der Waals surface area contributed by atoms with Gasteiger partial charge in [-0.1, -0.05) is 53.0 Å². The summed E-state index contributed by atoms with van der Waals surface area (Å²) < 4.78 is 27.1. The highest BCUT2D eigenvalue weighted by molar-refractivity contribution is 7.89. The van der Waals surface area contributed by atoms with Crippen molar-refractivity contribution in [2.45, 2.75) is 18.4 Å². The van der Waals surface area contributed by atoms with Crippen molar-refractivity contribution in [1.29, 1.82) is 0 Å². The maximum absolute atomic E-state index is 12.8. The van der Waals surface area contributed by atoms with Gasteiger partial charge in [0.15, 0.2) is 0 Å². The van der Waals surface area contributed by atoms with E-state index in [1.54, 1.807) is 6.07 Å². The van der Waals surface area contributed by atoms with Gasteiger partial charge >= 0.3 is 0 Å². The van der Waals surface area contributed by atoms with E-state index in [2.05, 4.69) is 36.1 Å². The molecule has 7 heteroatoms. The largest absolute Gasteiger partial charge is 0.296 e. The summed E-state index contributed by atoms with van der Waals surface area (Å²) >= 11 is 12.0. The van der Waals surface area contributed by atoms with Crippen molar-refractivity contribution < 1.29 is 8.42 Å². The van der Waals surface area contributed by atoms with Crippen LogP contribution in [0, 0.1) is 6.92 Å². The van der Waals surface area contributed by atoms with E-state index in [4.69, 9.17) is 23.2 Å². The number of hydrogen-bond acceptors (Lipinski definition) is 3. The Labute approximate surface area is 159 Å². The average Bonchev–Trinajstić information content (AvgIpc) is 2.59. The molecule has 0 atom stereocenters. The minimum absolute atomic E-state index is 0.0775. The highest BCUT2D eigenvalue weighted by Gasteiger charge is 2.30. The zero-order valence-corrected chi connectivity index (χ0v) is 16.3. The zero-order valence-electron chi connectivity index (χ0n) is 14.0. The summed E-state index contributed by atoms with van der Waals surface area (Å²) in [5.41, 5.74) is 2.47. The van der Waals surface area contributed by atoms with E-state index in [-0.39, 0.29) is 9.92 Å². The second-order valence-electron chi connectivity index (χ2n) is 6.24. The third-order valence-electron chi connectivity index (χ3n) is 4.37. The van der Waals surface area contributed by atoms with Crippen LogP contribution in [0.1, 0.15) is 11.1 Å². The van der Waals surface area contributed by atoms with Gasteiger partial charge in [-0.15, -0.1) is 0 Å². The first-order valence-corrected chi connectivity index (χ1v) is 10.3. The highest BCUT2D eigenvalue weighted by atomic mass is 35.5. The summed E-state index contributed by atoms with van der Waals surface area (Å²) in [5.74, 6) is 0. The zero-order chi connectivity index (χ0) is 18.0. The van der Waals surface area contributed by atoms with E-state index in [0.717, 1.165) is 6.54 Å². The van der Waals surface area contributed by atoms with Crippen LogP contribution in [0.15, 0.2) is 47.4 Å². The van der Waals surface area contributed by atoms with Gasteiger partial charge in [0.25, 0.3) is 0 Å². The molecule has 0 unspecified atom stereocenters. The maximum atomic E-state index is 12.8. The first-order chi connectivity index (χ1) is 11.9. The lowest BCUT2D eigenvalue weighted by molar-refractivity contribution is 0.181. The molecule has 3 rings (SSSR count). The van der Waals surface area contributed by atoms with E-state index < -0.39 is 10.0 Å². The Morgan fingerprint density at radius 2 is 1.60 bits per heavy atom. The Morgan fingerprint density at radius 3 is 2.24 bits per heavy atom. The summed E-state index contributed by atoms with van der Waals surface area (Å²) in [6, 6.07) is 12.9. The molecule has 0 saturated carbocycles. The van der Waals surface area contributed by atoms with Gasteiger partial charge in [-0.05, 0) is 30.7 Å². The number of piperazine rings is 1. The van der Waals surface area contributed by atoms with Gasteiger partial charge in [-0.25, -0.2) is 8.42 Å². The van der Waals surface area contributed by atoms with Crippen LogP contribution in [0.3, 0.4) is 0 Å². The Hall–Kier alpha value is -1.11. The van der Waals surface area contributed by atoms with Gasteiger partial charge in [0.2, 0.25) is 10.0 Å². The molecule has 0 bridgehead atoms. The summed E-state index contributed by atoms with van der Waals surface area (Å²) in [7, 11) is -3.63. The molecular weight excluding hydrogens is 379 g/mol. The second-order valence-corrected chi connectivity index (χ2v) is 8.99. The number of aryl methyl sites for hydroxylation is 1. The van der Waals surface area contributed by atoms with Crippen LogP contribution in [0.25, 0.3) is 0 Å². The molecule has 25 heavy (non-hydrogen) atoms. The van der Waals surface area contributed by atoms with Crippen LogP contribution in [-0.4, -0.2) is 43.8 Å². The first-order valence-electron chi connectivity index (χ1n) is 8.09. The number of hydrogen-bond donors (Lipinski definition) is 0. The predicted molar refractivity (Wildman–Crippen MR) is 102 cm³/mol. The molecule has 0 amide bonds. The van der Waals surface area contributed by atoms with Gasteiger partial charge in [-0.3, -0.25) is 4.90 Å². The average molecular weight is 399 g/mol. The minimum Gasteiger partial charge on any atom is -0.296 e. The molecule has 2 aromatic carbocycles. The molecule has 0 aliphatic carbocycles. The maximum Gasteiger partial charge on any atom is 0.244 e. The van der Waals surface area contributed by atoms with Gasteiger partial charge in [0, 0.05) is 37.7 Å². The Morgan fingerprint density at radius 1 is 0.960 bits per heavy atom. The third kappa shape index (κ3) is 4.36. The van der Waals surface area contributed by atoms with Crippen LogP contribution < -0.4 is 0 Å². The smallest absolute Gasteiger partial charge is 0.244 e. The molecular formula is C18H20Cl2N2O2S. The van der Waals surface area contributed by atoms with Crippen molar-refractivity contribution in [2.75, 3.05) is 26.2 Å². The van der Waals surface area contributed by atoms with Gasteiger partial charge in [0.1, 0.15) is 4.90 Å². The fourth-order valence-electron chi connectivity index (χ4n) is 2.89. The van der Waals surface area contributed by atoms with E-state index in [0.29, 0.717) is 31.2 Å². The summed E-state index contributed by atoms with van der Waals surface area (Å²) in [5, 5.41) is 0.562. The Balaban J connectivity index is 1.67. The third-order valence-corrected chi connectivity index (χ3v) is 6.98. The van der Waals surface area contributed by atoms with Gasteiger partial charge in [0.05, 0.1) is 5.02 Å². The molecule has 4 nitrogen and oxygen atoms in total. The topological polar surface area (TPSA) is 40.6 Å². The lowest BCUT2D eigenvalue weighted by Gasteiger charge is -2.34. The molecule has 1 aliphatic rings. The molecule has 1 heterocycles. The van der Waals surface area contributed by atoms with Crippen LogP contribution in [0.2, 0.25) is 10.0 Å². The van der Waals surface area contributed by atoms with Crippen LogP contribution in [0.4, 0.5) is 0 Å². The molecule has 1 saturated heterocycles. The van der Waals surface area contributed by atoms with Crippen molar-refractivity contribution in [3.05, 3.63) is 63.6 Å². The standard InChI is InChI=1S/C18H20Cl2N2O2S/c1-14-2-4-15(5-3-14)13-21-8-10-22(11-9-21)25(23,24)18-12-16(19)6-7-17(18)20/h2-7,12H,8-11,13H2,1H3. The number of rotatable bonds is 4. The molecule has 134 valence electrons. The van der Waals surface area contributed by atoms with Crippen LogP contribution in [0.5, 0.6) is 0 Å². The number of nitrogens with zero attached hydrogens (tertiary/aromatic N) is 2. The first kappa shape index (κ1) is 18.7. The molecule has 2 aromatic rings. The predicted octanol–water partition coefficient (Wildman–Crippen LogP) is 3.81. The summed E-state index contributed by atoms with van der Waals surface area (Å²) in [6.45, 7) is 5.14. The Bertz CT molecular complexity index is 846. The minimum atomic E-state index is -3.63. The normalized spacial score (nSPS) is 16.9. The van der Waals surface area contributed by atoms with Crippen molar-refractivity contribution >= 4 is 33.2 Å². The highest BCUT2D eigenvalue weighted by Crippen LogP contribution is 2.28. The molecule has 0 spiro atoms. The summed E-state index contributed by atoms with van der Waals surface area (Å²) in [4.78, 5) is 2.34. The lowest BCUT2D eigenvalue weighted by Crippen LogP contribution is -2.48. The second kappa shape index (κ2) is 7.64. The van der Waals surface area contributed by atoms with Crippen molar-refractivity contribution in [3.8, 4) is 0 Å². The molecule has 1 aliphatic heterocycles. The molecule has 0 N–H and O–H groups in total. The van der Waals surface area contributed by atoms with E-state index >= 15 is 0 Å². The van der Waals surface area contributed by atoms with Crippen molar-refractivity contribution in [1.82, 2.24) is 9.21 Å². The summed E-state index contributed by atoms with van der Waals surface area (Å²) in [6.07, 6.45) is 0. The monoisotopic (exact) mass is 398 g/mol. The van der Waals surface area contributed by atoms with Gasteiger partial charge in [-0.2, -0.15) is 4.31 Å². The fraction of sp³-hybridized carbons (Fsp3) is 0.333. The van der Waals surface area contributed by atoms with Gasteiger partial charge < -0.3 is 0 Å². The van der Waals surface area contributed by atoms with Crippen LogP contribution >= 0.6 is 23.2 Å². The SMILES string of the molecule is Cc1ccc(CN2CCN(S(=O)(=O)c3cc(Cl)ccc3Cl)CC2)cc1.